The van der Waals surface area contributed by atoms with Crippen LogP contribution in [0.15, 0.2) is 0 Å². The second-order valence-corrected chi connectivity index (χ2v) is 8.58. The van der Waals surface area contributed by atoms with Gasteiger partial charge in [-0.25, -0.2) is 0 Å². The van der Waals surface area contributed by atoms with Gasteiger partial charge in [-0.3, -0.25) is 9.80 Å². The minimum absolute atomic E-state index is 0.308. The van der Waals surface area contributed by atoms with Crippen molar-refractivity contribution in [1.82, 2.24) is 20.4 Å². The van der Waals surface area contributed by atoms with Crippen LogP contribution in [0.3, 0.4) is 0 Å². The molecule has 3 unspecified atom stereocenters. The van der Waals surface area contributed by atoms with Crippen LogP contribution in [0.5, 0.6) is 0 Å². The third-order valence-corrected chi connectivity index (χ3v) is 7.17. The fourth-order valence-corrected chi connectivity index (χ4v) is 6.06. The van der Waals surface area contributed by atoms with Crippen LogP contribution in [0, 0.1) is 0 Å². The van der Waals surface area contributed by atoms with Crippen LogP contribution in [-0.4, -0.2) is 66.8 Å². The number of piperidine rings is 4. The lowest BCUT2D eigenvalue weighted by atomic mass is 9.79. The third-order valence-electron chi connectivity index (χ3n) is 7.17. The molecule has 0 aromatic rings. The Bertz CT molecular complexity index is 363. The molecule has 0 radical (unpaired) electrons. The van der Waals surface area contributed by atoms with E-state index in [1.807, 2.05) is 0 Å². The van der Waals surface area contributed by atoms with Crippen LogP contribution in [0.25, 0.3) is 0 Å². The van der Waals surface area contributed by atoms with Gasteiger partial charge in [0.15, 0.2) is 0 Å². The van der Waals surface area contributed by atoms with Crippen molar-refractivity contribution in [2.75, 3.05) is 39.3 Å². The van der Waals surface area contributed by atoms with E-state index in [0.29, 0.717) is 11.7 Å². The molecule has 4 heteroatoms. The molecule has 3 atom stereocenters. The van der Waals surface area contributed by atoms with Gasteiger partial charge < -0.3 is 10.6 Å². The second kappa shape index (κ2) is 8.03. The van der Waals surface area contributed by atoms with Gasteiger partial charge in [0.25, 0.3) is 0 Å². The van der Waals surface area contributed by atoms with Gasteiger partial charge in [0.2, 0.25) is 0 Å². The summed E-state index contributed by atoms with van der Waals surface area (Å²) in [4.78, 5) is 5.93. The molecule has 4 aliphatic heterocycles. The van der Waals surface area contributed by atoms with Crippen molar-refractivity contribution in [2.45, 2.75) is 88.4 Å². The van der Waals surface area contributed by atoms with Gasteiger partial charge in [0.1, 0.15) is 0 Å². The summed E-state index contributed by atoms with van der Waals surface area (Å²) < 4.78 is 0. The molecule has 4 nitrogen and oxygen atoms in total. The Balaban J connectivity index is 1.64. The molecule has 4 fully saturated rings. The Kier molecular flexibility index (Phi) is 5.77. The normalized spacial score (nSPS) is 40.5. The van der Waals surface area contributed by atoms with Crippen molar-refractivity contribution in [3.8, 4) is 0 Å². The van der Waals surface area contributed by atoms with E-state index in [2.05, 4.69) is 20.4 Å². The van der Waals surface area contributed by atoms with E-state index in [4.69, 9.17) is 0 Å². The molecule has 24 heavy (non-hydrogen) atoms. The monoisotopic (exact) mass is 334 g/mol. The minimum atomic E-state index is 0.308. The highest BCUT2D eigenvalue weighted by atomic mass is 15.4. The quantitative estimate of drug-likeness (QED) is 0.830. The first kappa shape index (κ1) is 17.3. The smallest absolute Gasteiger partial charge is 0.0898 e. The van der Waals surface area contributed by atoms with Gasteiger partial charge in [0, 0.05) is 25.2 Å². The Morgan fingerprint density at radius 3 is 2.38 bits per heavy atom. The average molecular weight is 335 g/mol. The molecule has 0 aromatic heterocycles. The van der Waals surface area contributed by atoms with E-state index in [1.165, 1.54) is 110 Å². The van der Waals surface area contributed by atoms with Gasteiger partial charge in [-0.2, -0.15) is 0 Å². The molecule has 0 spiro atoms. The lowest BCUT2D eigenvalue weighted by Gasteiger charge is -2.61. The van der Waals surface area contributed by atoms with Crippen molar-refractivity contribution in [2.24, 2.45) is 0 Å². The maximum absolute atomic E-state index is 3.99. The van der Waals surface area contributed by atoms with Crippen LogP contribution >= 0.6 is 0 Å². The number of nitrogens with zero attached hydrogens (tertiary/aromatic N) is 2. The third kappa shape index (κ3) is 3.27. The highest BCUT2D eigenvalue weighted by molar-refractivity contribution is 5.06. The first-order valence-corrected chi connectivity index (χ1v) is 10.9. The predicted octanol–water partition coefficient (Wildman–Crippen LogP) is 2.55. The van der Waals surface area contributed by atoms with E-state index >= 15 is 0 Å². The van der Waals surface area contributed by atoms with Gasteiger partial charge in [-0.1, -0.05) is 12.8 Å². The molecule has 0 saturated carbocycles. The number of hydrogen-bond acceptors (Lipinski definition) is 4. The zero-order chi connectivity index (χ0) is 16.2. The molecule has 0 amide bonds. The molecule has 4 rings (SSSR count). The molecule has 4 heterocycles. The first-order chi connectivity index (χ1) is 11.9. The predicted molar refractivity (Wildman–Crippen MR) is 100 cm³/mol. The highest BCUT2D eigenvalue weighted by Crippen LogP contribution is 2.41. The van der Waals surface area contributed by atoms with E-state index in [-0.39, 0.29) is 0 Å². The number of hydrogen-bond donors (Lipinski definition) is 2. The van der Waals surface area contributed by atoms with E-state index in [0.717, 1.165) is 6.04 Å². The average Bonchev–Trinajstić information content (AvgIpc) is 2.70. The summed E-state index contributed by atoms with van der Waals surface area (Å²) in [6, 6.07) is 1.44. The standard InChI is InChI=1S/C20H38N4/c1-5-14-23(15-6-1)20(19-10-2-4-13-22-19)11-3-7-16-24(20)18-9-8-12-21-17-18/h18-19,21-22H,1-17H2. The lowest BCUT2D eigenvalue weighted by Crippen LogP contribution is -2.75. The van der Waals surface area contributed by atoms with E-state index in [1.54, 1.807) is 0 Å². The topological polar surface area (TPSA) is 30.5 Å². The summed E-state index contributed by atoms with van der Waals surface area (Å²) in [5.74, 6) is 0. The highest BCUT2D eigenvalue weighted by Gasteiger charge is 2.51. The molecule has 0 bridgehead atoms. The summed E-state index contributed by atoms with van der Waals surface area (Å²) in [7, 11) is 0. The van der Waals surface area contributed by atoms with Gasteiger partial charge in [0.05, 0.1) is 5.66 Å². The largest absolute Gasteiger partial charge is 0.315 e. The summed E-state index contributed by atoms with van der Waals surface area (Å²) in [6.45, 7) is 7.65. The molecule has 4 aliphatic rings. The van der Waals surface area contributed by atoms with Crippen LogP contribution < -0.4 is 10.6 Å². The Morgan fingerprint density at radius 1 is 0.750 bits per heavy atom. The number of likely N-dealkylation sites (tertiary alicyclic amines) is 2. The summed E-state index contributed by atoms with van der Waals surface area (Å²) >= 11 is 0. The summed E-state index contributed by atoms with van der Waals surface area (Å²) in [5.41, 5.74) is 0.308. The SMILES string of the molecule is C1CCN(C2(C3CCCCN3)CCCCN2C2CCCNC2)CC1. The van der Waals surface area contributed by atoms with Crippen molar-refractivity contribution in [3.05, 3.63) is 0 Å². The van der Waals surface area contributed by atoms with Crippen molar-refractivity contribution < 1.29 is 0 Å². The van der Waals surface area contributed by atoms with Crippen molar-refractivity contribution in [1.29, 1.82) is 0 Å². The molecular weight excluding hydrogens is 296 g/mol. The Labute approximate surface area is 148 Å². The molecular formula is C20H38N4. The zero-order valence-corrected chi connectivity index (χ0v) is 15.6. The van der Waals surface area contributed by atoms with Crippen LogP contribution in [-0.2, 0) is 0 Å². The van der Waals surface area contributed by atoms with Gasteiger partial charge in [-0.15, -0.1) is 0 Å². The number of nitrogens with one attached hydrogen (secondary N) is 2. The van der Waals surface area contributed by atoms with Crippen LogP contribution in [0.1, 0.15) is 70.6 Å². The zero-order valence-electron chi connectivity index (χ0n) is 15.6. The van der Waals surface area contributed by atoms with Gasteiger partial charge in [-0.05, 0) is 84.0 Å². The summed E-state index contributed by atoms with van der Waals surface area (Å²) in [6.07, 6.45) is 15.4. The maximum atomic E-state index is 3.99. The maximum Gasteiger partial charge on any atom is 0.0898 e. The molecule has 0 aliphatic carbocycles. The molecule has 4 saturated heterocycles. The lowest BCUT2D eigenvalue weighted by molar-refractivity contribution is -0.141. The van der Waals surface area contributed by atoms with Crippen molar-refractivity contribution in [3.63, 3.8) is 0 Å². The Hall–Kier alpha value is -0.160. The molecule has 138 valence electrons. The second-order valence-electron chi connectivity index (χ2n) is 8.58. The van der Waals surface area contributed by atoms with Crippen LogP contribution in [0.4, 0.5) is 0 Å². The van der Waals surface area contributed by atoms with Crippen molar-refractivity contribution >= 4 is 0 Å². The summed E-state index contributed by atoms with van der Waals surface area (Å²) in [5, 5.41) is 7.69. The Morgan fingerprint density at radius 2 is 1.62 bits per heavy atom. The van der Waals surface area contributed by atoms with E-state index < -0.39 is 0 Å². The molecule has 2 N–H and O–H groups in total. The number of rotatable bonds is 3. The fourth-order valence-electron chi connectivity index (χ4n) is 6.06. The molecule has 0 aromatic carbocycles. The van der Waals surface area contributed by atoms with Gasteiger partial charge >= 0.3 is 0 Å². The van der Waals surface area contributed by atoms with Crippen LogP contribution in [0.2, 0.25) is 0 Å². The van der Waals surface area contributed by atoms with E-state index in [9.17, 15) is 0 Å². The minimum Gasteiger partial charge on any atom is -0.315 e. The fraction of sp³-hybridized carbons (Fsp3) is 1.00. The first-order valence-electron chi connectivity index (χ1n) is 10.9.